The highest BCUT2D eigenvalue weighted by Gasteiger charge is 2.28. The first-order chi connectivity index (χ1) is 18.2. The van der Waals surface area contributed by atoms with Gasteiger partial charge in [0.25, 0.3) is 0 Å². The van der Waals surface area contributed by atoms with Crippen molar-refractivity contribution in [2.24, 2.45) is 0 Å². The Morgan fingerprint density at radius 2 is 1.57 bits per heavy atom. The van der Waals surface area contributed by atoms with Crippen LogP contribution >= 0.6 is 0 Å². The minimum Gasteiger partial charge on any atom is -0.508 e. The fourth-order valence-corrected chi connectivity index (χ4v) is 5.28. The van der Waals surface area contributed by atoms with Crippen LogP contribution in [-0.2, 0) is 6.42 Å². The van der Waals surface area contributed by atoms with Gasteiger partial charge in [0.05, 0.1) is 11.9 Å². The Balaban J connectivity index is 1.28. The lowest BCUT2D eigenvalue weighted by molar-refractivity contribution is 0.475. The van der Waals surface area contributed by atoms with Crippen LogP contribution in [0.5, 0.6) is 5.75 Å². The number of phenolic OH excluding ortho intramolecular Hbond substituents is 1. The number of hydrogen-bond donors (Lipinski definition) is 1. The molecule has 5 aromatic rings. The molecule has 0 saturated carbocycles. The molecule has 0 bridgehead atoms. The quantitative estimate of drug-likeness (QED) is 0.406. The van der Waals surface area contributed by atoms with E-state index >= 15 is 0 Å². The number of rotatable bonds is 4. The summed E-state index contributed by atoms with van der Waals surface area (Å²) < 4.78 is 1.99. The fourth-order valence-electron chi connectivity index (χ4n) is 5.28. The maximum atomic E-state index is 9.64. The Labute approximate surface area is 214 Å². The Morgan fingerprint density at radius 3 is 2.38 bits per heavy atom. The maximum absolute atomic E-state index is 9.64. The molecule has 3 aromatic heterocycles. The molecule has 0 unspecified atom stereocenters. The van der Waals surface area contributed by atoms with Crippen molar-refractivity contribution in [2.45, 2.75) is 6.42 Å². The van der Waals surface area contributed by atoms with Crippen molar-refractivity contribution in [1.29, 1.82) is 0 Å². The summed E-state index contributed by atoms with van der Waals surface area (Å²) in [6, 6.07) is 19.8. The number of fused-ring (bicyclic) bond motifs is 2. The zero-order chi connectivity index (χ0) is 24.8. The first-order valence-corrected chi connectivity index (χ1v) is 12.5. The molecule has 9 heteroatoms. The van der Waals surface area contributed by atoms with Gasteiger partial charge in [-0.1, -0.05) is 18.2 Å². The van der Waals surface area contributed by atoms with E-state index in [4.69, 9.17) is 15.0 Å². The fraction of sp³-hybridized carbons (Fsp3) is 0.214. The molecule has 0 amide bonds. The van der Waals surface area contributed by atoms with Gasteiger partial charge in [-0.25, -0.2) is 4.98 Å². The SMILES string of the molecule is Oc1ccc(N2CCN(c3nc(N4CCc5ccccc54)c4ncn(-c5cccnc5)c4n3)CC2)cc1. The summed E-state index contributed by atoms with van der Waals surface area (Å²) in [6.45, 7) is 4.14. The molecule has 0 aliphatic carbocycles. The number of imidazole rings is 1. The Morgan fingerprint density at radius 1 is 0.757 bits per heavy atom. The number of piperazine rings is 1. The van der Waals surface area contributed by atoms with Gasteiger partial charge >= 0.3 is 0 Å². The first-order valence-electron chi connectivity index (χ1n) is 12.5. The van der Waals surface area contributed by atoms with Gasteiger partial charge in [0, 0.05) is 50.3 Å². The zero-order valence-electron chi connectivity index (χ0n) is 20.3. The van der Waals surface area contributed by atoms with Crippen LogP contribution in [0.1, 0.15) is 5.56 Å². The normalized spacial score (nSPS) is 15.4. The van der Waals surface area contributed by atoms with Crippen molar-refractivity contribution in [2.75, 3.05) is 47.4 Å². The van der Waals surface area contributed by atoms with E-state index in [1.807, 2.05) is 41.4 Å². The molecule has 1 fully saturated rings. The lowest BCUT2D eigenvalue weighted by atomic mass is 10.2. The molecule has 1 saturated heterocycles. The molecule has 9 nitrogen and oxygen atoms in total. The highest BCUT2D eigenvalue weighted by atomic mass is 16.3. The molecule has 1 N–H and O–H groups in total. The van der Waals surface area contributed by atoms with Crippen molar-refractivity contribution in [3.05, 3.63) is 84.9 Å². The van der Waals surface area contributed by atoms with Gasteiger partial charge in [-0.3, -0.25) is 9.55 Å². The molecule has 7 rings (SSSR count). The van der Waals surface area contributed by atoms with Crippen molar-refractivity contribution in [3.63, 3.8) is 0 Å². The molecule has 2 aromatic carbocycles. The third-order valence-electron chi connectivity index (χ3n) is 7.21. The summed E-state index contributed by atoms with van der Waals surface area (Å²) in [5.74, 6) is 1.83. The number of hydrogen-bond acceptors (Lipinski definition) is 8. The molecular weight excluding hydrogens is 464 g/mol. The van der Waals surface area contributed by atoms with Crippen LogP contribution in [0.15, 0.2) is 79.4 Å². The van der Waals surface area contributed by atoms with E-state index in [2.05, 4.69) is 43.9 Å². The molecule has 0 atom stereocenters. The van der Waals surface area contributed by atoms with E-state index < -0.39 is 0 Å². The van der Waals surface area contributed by atoms with Crippen LogP contribution in [-0.4, -0.2) is 62.3 Å². The van der Waals surface area contributed by atoms with E-state index in [0.717, 1.165) is 67.5 Å². The third-order valence-corrected chi connectivity index (χ3v) is 7.21. The van der Waals surface area contributed by atoms with Gasteiger partial charge < -0.3 is 19.8 Å². The van der Waals surface area contributed by atoms with Gasteiger partial charge in [0.2, 0.25) is 5.95 Å². The van der Waals surface area contributed by atoms with E-state index in [0.29, 0.717) is 5.95 Å². The van der Waals surface area contributed by atoms with Crippen molar-refractivity contribution in [1.82, 2.24) is 24.5 Å². The summed E-state index contributed by atoms with van der Waals surface area (Å²) in [4.78, 5) is 26.1. The smallest absolute Gasteiger partial charge is 0.229 e. The molecular formula is C28H26N8O. The maximum Gasteiger partial charge on any atom is 0.229 e. The summed E-state index contributed by atoms with van der Waals surface area (Å²) in [6.07, 6.45) is 6.38. The van der Waals surface area contributed by atoms with Gasteiger partial charge in [-0.05, 0) is 54.4 Å². The number of para-hydroxylation sites is 1. The van der Waals surface area contributed by atoms with Crippen LogP contribution in [0.3, 0.4) is 0 Å². The topological polar surface area (TPSA) is 86.4 Å². The van der Waals surface area contributed by atoms with Gasteiger partial charge in [-0.15, -0.1) is 0 Å². The second kappa shape index (κ2) is 8.77. The second-order valence-corrected chi connectivity index (χ2v) is 9.37. The predicted octanol–water partition coefficient (Wildman–Crippen LogP) is 3.94. The summed E-state index contributed by atoms with van der Waals surface area (Å²) in [5, 5.41) is 9.64. The molecule has 0 spiro atoms. The van der Waals surface area contributed by atoms with Crippen LogP contribution in [0.25, 0.3) is 16.9 Å². The number of phenols is 1. The zero-order valence-corrected chi connectivity index (χ0v) is 20.3. The van der Waals surface area contributed by atoms with E-state index in [1.54, 1.807) is 18.3 Å². The van der Waals surface area contributed by atoms with Gasteiger partial charge in [-0.2, -0.15) is 9.97 Å². The Hall–Kier alpha value is -4.66. The highest BCUT2D eigenvalue weighted by molar-refractivity contribution is 5.89. The monoisotopic (exact) mass is 490 g/mol. The third kappa shape index (κ3) is 3.79. The highest BCUT2D eigenvalue weighted by Crippen LogP contribution is 2.37. The van der Waals surface area contributed by atoms with E-state index in [1.165, 1.54) is 11.3 Å². The number of aromatic nitrogens is 5. The van der Waals surface area contributed by atoms with Crippen LogP contribution in [0.2, 0.25) is 0 Å². The van der Waals surface area contributed by atoms with Gasteiger partial charge in [0.1, 0.15) is 12.1 Å². The number of anilines is 4. The molecule has 2 aliphatic rings. The van der Waals surface area contributed by atoms with Crippen molar-refractivity contribution in [3.8, 4) is 11.4 Å². The number of nitrogens with zero attached hydrogens (tertiary/aromatic N) is 8. The summed E-state index contributed by atoms with van der Waals surface area (Å²) in [5.41, 5.74) is 6.09. The van der Waals surface area contributed by atoms with Crippen LogP contribution in [0.4, 0.5) is 23.1 Å². The second-order valence-electron chi connectivity index (χ2n) is 9.37. The minimum atomic E-state index is 0.283. The first kappa shape index (κ1) is 21.6. The Bertz CT molecular complexity index is 1560. The molecule has 37 heavy (non-hydrogen) atoms. The summed E-state index contributed by atoms with van der Waals surface area (Å²) >= 11 is 0. The number of aromatic hydroxyl groups is 1. The minimum absolute atomic E-state index is 0.283. The molecule has 2 aliphatic heterocycles. The van der Waals surface area contributed by atoms with Gasteiger partial charge in [0.15, 0.2) is 17.0 Å². The van der Waals surface area contributed by atoms with Crippen LogP contribution in [0, 0.1) is 0 Å². The van der Waals surface area contributed by atoms with Crippen molar-refractivity contribution >= 4 is 34.3 Å². The average Bonchev–Trinajstić information content (AvgIpc) is 3.58. The largest absolute Gasteiger partial charge is 0.508 e. The number of pyridine rings is 1. The number of benzene rings is 2. The lowest BCUT2D eigenvalue weighted by Crippen LogP contribution is -2.47. The van der Waals surface area contributed by atoms with Crippen molar-refractivity contribution < 1.29 is 5.11 Å². The molecule has 0 radical (unpaired) electrons. The summed E-state index contributed by atoms with van der Waals surface area (Å²) in [7, 11) is 0. The lowest BCUT2D eigenvalue weighted by Gasteiger charge is -2.36. The predicted molar refractivity (Wildman–Crippen MR) is 144 cm³/mol. The standard InChI is InChI=1S/C28H26N8O/c37-23-9-7-21(8-10-23)33-14-16-34(17-15-33)28-31-26(35-13-11-20-4-1-2-6-24(20)35)25-27(32-28)36(19-30-25)22-5-3-12-29-18-22/h1-10,12,18-19,37H,11,13-17H2. The van der Waals surface area contributed by atoms with E-state index in [9.17, 15) is 5.11 Å². The molecule has 184 valence electrons. The van der Waals surface area contributed by atoms with Crippen LogP contribution < -0.4 is 14.7 Å². The molecule has 5 heterocycles. The Kier molecular flexibility index (Phi) is 5.12. The van der Waals surface area contributed by atoms with E-state index in [-0.39, 0.29) is 5.75 Å². The average molecular weight is 491 g/mol.